The van der Waals surface area contributed by atoms with E-state index in [0.717, 1.165) is 7.11 Å². The maximum Gasteiger partial charge on any atom is 0.341 e. The fourth-order valence-electron chi connectivity index (χ4n) is 0.978. The normalized spacial score (nSPS) is 10.5. The van der Waals surface area contributed by atoms with E-state index < -0.39 is 29.5 Å². The van der Waals surface area contributed by atoms with Crippen LogP contribution in [-0.4, -0.2) is 18.1 Å². The summed E-state index contributed by atoms with van der Waals surface area (Å²) < 4.78 is 41.6. The molecular formula is C8H5BrF3NO2. The van der Waals surface area contributed by atoms with Crippen LogP contribution in [0.15, 0.2) is 10.7 Å². The summed E-state index contributed by atoms with van der Waals surface area (Å²) in [6.07, 6.45) is -2.98. The number of carbonyl (C=O) groups excluding carboxylic acids is 1. The highest BCUT2D eigenvalue weighted by molar-refractivity contribution is 9.10. The first-order valence-electron chi connectivity index (χ1n) is 3.69. The van der Waals surface area contributed by atoms with Crippen LogP contribution in [0.3, 0.4) is 0 Å². The van der Waals surface area contributed by atoms with Gasteiger partial charge in [-0.3, -0.25) is 0 Å². The van der Waals surface area contributed by atoms with Crippen molar-refractivity contribution >= 4 is 21.9 Å². The topological polar surface area (TPSA) is 39.2 Å². The lowest BCUT2D eigenvalue weighted by atomic mass is 10.1. The number of hydrogen-bond acceptors (Lipinski definition) is 3. The summed E-state index contributed by atoms with van der Waals surface area (Å²) in [5.41, 5.74) is -1.21. The smallest absolute Gasteiger partial charge is 0.341 e. The van der Waals surface area contributed by atoms with Crippen molar-refractivity contribution < 1.29 is 22.7 Å². The van der Waals surface area contributed by atoms with E-state index in [9.17, 15) is 18.0 Å². The average Bonchev–Trinajstić information content (AvgIpc) is 2.15. The molecular weight excluding hydrogens is 279 g/mol. The van der Waals surface area contributed by atoms with Crippen LogP contribution in [0.5, 0.6) is 0 Å². The molecule has 1 heterocycles. The van der Waals surface area contributed by atoms with Crippen molar-refractivity contribution in [2.24, 2.45) is 0 Å². The van der Waals surface area contributed by atoms with Gasteiger partial charge in [-0.25, -0.2) is 18.6 Å². The second kappa shape index (κ2) is 4.61. The fraction of sp³-hybridized carbons (Fsp3) is 0.250. The van der Waals surface area contributed by atoms with Gasteiger partial charge in [0.2, 0.25) is 5.95 Å². The summed E-state index contributed by atoms with van der Waals surface area (Å²) in [6.45, 7) is 0. The van der Waals surface area contributed by atoms with Gasteiger partial charge in [0.1, 0.15) is 10.2 Å². The molecule has 0 unspecified atom stereocenters. The second-order valence-electron chi connectivity index (χ2n) is 2.49. The number of esters is 1. The maximum absolute atomic E-state index is 12.7. The number of nitrogens with zero attached hydrogens (tertiary/aromatic N) is 1. The van der Waals surface area contributed by atoms with Gasteiger partial charge < -0.3 is 4.74 Å². The minimum atomic E-state index is -2.98. The number of ether oxygens (including phenoxy) is 1. The molecule has 0 aliphatic rings. The highest BCUT2D eigenvalue weighted by Crippen LogP contribution is 2.28. The van der Waals surface area contributed by atoms with E-state index in [0.29, 0.717) is 6.07 Å². The Balaban J connectivity index is 3.40. The van der Waals surface area contributed by atoms with E-state index >= 15 is 0 Å². The molecule has 82 valence electrons. The Morgan fingerprint density at radius 2 is 2.20 bits per heavy atom. The number of halogens is 4. The Kier molecular flexibility index (Phi) is 3.67. The summed E-state index contributed by atoms with van der Waals surface area (Å²) in [5, 5.41) is 0. The van der Waals surface area contributed by atoms with E-state index in [4.69, 9.17) is 0 Å². The van der Waals surface area contributed by atoms with Crippen molar-refractivity contribution in [3.63, 3.8) is 0 Å². The summed E-state index contributed by atoms with van der Waals surface area (Å²) in [6, 6.07) is 0.502. The molecule has 0 aliphatic heterocycles. The highest BCUT2D eigenvalue weighted by Gasteiger charge is 2.24. The van der Waals surface area contributed by atoms with Gasteiger partial charge in [-0.05, 0) is 15.9 Å². The van der Waals surface area contributed by atoms with Crippen molar-refractivity contribution in [3.05, 3.63) is 27.7 Å². The number of aromatic nitrogens is 1. The average molecular weight is 284 g/mol. The van der Waals surface area contributed by atoms with Crippen LogP contribution in [0.1, 0.15) is 22.3 Å². The summed E-state index contributed by atoms with van der Waals surface area (Å²) >= 11 is 2.72. The van der Waals surface area contributed by atoms with E-state index in [1.807, 2.05) is 0 Å². The van der Waals surface area contributed by atoms with Crippen molar-refractivity contribution in [1.29, 1.82) is 0 Å². The maximum atomic E-state index is 12.7. The Hall–Kier alpha value is -1.11. The Morgan fingerprint density at radius 3 is 2.67 bits per heavy atom. The zero-order chi connectivity index (χ0) is 11.6. The lowest BCUT2D eigenvalue weighted by molar-refractivity contribution is 0.0587. The lowest BCUT2D eigenvalue weighted by Crippen LogP contribution is -2.09. The van der Waals surface area contributed by atoms with Crippen molar-refractivity contribution in [2.45, 2.75) is 6.43 Å². The third-order valence-electron chi connectivity index (χ3n) is 1.60. The highest BCUT2D eigenvalue weighted by atomic mass is 79.9. The van der Waals surface area contributed by atoms with Gasteiger partial charge in [-0.15, -0.1) is 0 Å². The molecule has 3 nitrogen and oxygen atoms in total. The SMILES string of the molecule is COC(=O)c1c(C(F)F)cc(F)nc1Br. The summed E-state index contributed by atoms with van der Waals surface area (Å²) in [7, 11) is 1.04. The third-order valence-corrected chi connectivity index (χ3v) is 2.17. The lowest BCUT2D eigenvalue weighted by Gasteiger charge is -2.08. The number of hydrogen-bond donors (Lipinski definition) is 0. The van der Waals surface area contributed by atoms with Gasteiger partial charge in [0.15, 0.2) is 0 Å². The minimum absolute atomic E-state index is 0.301. The molecule has 15 heavy (non-hydrogen) atoms. The minimum Gasteiger partial charge on any atom is -0.465 e. The number of carbonyl (C=O) groups is 1. The van der Waals surface area contributed by atoms with E-state index in [-0.39, 0.29) is 4.60 Å². The first-order valence-corrected chi connectivity index (χ1v) is 4.49. The third kappa shape index (κ3) is 2.47. The fourth-order valence-corrected chi connectivity index (χ4v) is 1.54. The van der Waals surface area contributed by atoms with Crippen LogP contribution < -0.4 is 0 Å². The molecule has 0 atom stereocenters. The number of pyridine rings is 1. The van der Waals surface area contributed by atoms with Crippen LogP contribution >= 0.6 is 15.9 Å². The molecule has 0 N–H and O–H groups in total. The van der Waals surface area contributed by atoms with Crippen LogP contribution in [0, 0.1) is 5.95 Å². The number of methoxy groups -OCH3 is 1. The van der Waals surface area contributed by atoms with Crippen molar-refractivity contribution in [1.82, 2.24) is 4.98 Å². The summed E-state index contributed by atoms with van der Waals surface area (Å²) in [4.78, 5) is 14.3. The van der Waals surface area contributed by atoms with Crippen LogP contribution in [0.4, 0.5) is 13.2 Å². The van der Waals surface area contributed by atoms with Gasteiger partial charge in [0.05, 0.1) is 7.11 Å². The molecule has 1 rings (SSSR count). The van der Waals surface area contributed by atoms with Crippen molar-refractivity contribution in [3.8, 4) is 0 Å². The van der Waals surface area contributed by atoms with Crippen LogP contribution in [0.25, 0.3) is 0 Å². The largest absolute Gasteiger partial charge is 0.465 e. The van der Waals surface area contributed by atoms with E-state index in [1.54, 1.807) is 0 Å². The van der Waals surface area contributed by atoms with Crippen LogP contribution in [0.2, 0.25) is 0 Å². The zero-order valence-electron chi connectivity index (χ0n) is 7.43. The van der Waals surface area contributed by atoms with Gasteiger partial charge >= 0.3 is 5.97 Å². The molecule has 0 aliphatic carbocycles. The van der Waals surface area contributed by atoms with E-state index in [1.165, 1.54) is 0 Å². The number of alkyl halides is 2. The molecule has 1 aromatic heterocycles. The zero-order valence-corrected chi connectivity index (χ0v) is 9.02. The molecule has 0 amide bonds. The van der Waals surface area contributed by atoms with Gasteiger partial charge in [-0.1, -0.05) is 0 Å². The van der Waals surface area contributed by atoms with Crippen LogP contribution in [-0.2, 0) is 4.74 Å². The first-order chi connectivity index (χ1) is 6.97. The molecule has 0 radical (unpaired) electrons. The Labute approximate surface area is 91.4 Å². The molecule has 0 saturated carbocycles. The van der Waals surface area contributed by atoms with Gasteiger partial charge in [0, 0.05) is 11.6 Å². The monoisotopic (exact) mass is 283 g/mol. The summed E-state index contributed by atoms with van der Waals surface area (Å²) in [5.74, 6) is -2.09. The predicted octanol–water partition coefficient (Wildman–Crippen LogP) is 2.71. The molecule has 0 spiro atoms. The molecule has 1 aromatic rings. The molecule has 7 heteroatoms. The number of rotatable bonds is 2. The molecule has 0 saturated heterocycles. The molecule has 0 bridgehead atoms. The predicted molar refractivity (Wildman–Crippen MR) is 48.2 cm³/mol. The van der Waals surface area contributed by atoms with Gasteiger partial charge in [-0.2, -0.15) is 4.39 Å². The quantitative estimate of drug-likeness (QED) is 0.619. The van der Waals surface area contributed by atoms with Crippen molar-refractivity contribution in [2.75, 3.05) is 7.11 Å². The second-order valence-corrected chi connectivity index (χ2v) is 3.24. The Morgan fingerprint density at radius 1 is 1.60 bits per heavy atom. The van der Waals surface area contributed by atoms with Gasteiger partial charge in [0.25, 0.3) is 6.43 Å². The standard InChI is InChI=1S/C8H5BrF3NO2/c1-15-8(14)5-3(7(11)12)2-4(10)13-6(5)9/h2,7H,1H3. The molecule has 0 aromatic carbocycles. The van der Waals surface area contributed by atoms with E-state index in [2.05, 4.69) is 25.7 Å². The Bertz CT molecular complexity index is 398. The molecule has 0 fully saturated rings. The first kappa shape index (κ1) is 12.0.